The number of nitrogens with zero attached hydrogens (tertiary/aromatic N) is 5. The second kappa shape index (κ2) is 11.6. The molecule has 0 spiro atoms. The van der Waals surface area contributed by atoms with Gasteiger partial charge in [-0.15, -0.1) is 24.0 Å². The summed E-state index contributed by atoms with van der Waals surface area (Å²) in [5.41, 5.74) is 3.92. The molecule has 160 valence electrons. The molecular formula is C22H35IN6. The number of rotatable bonds is 6. The average Bonchev–Trinajstić information content (AvgIpc) is 3.10. The van der Waals surface area contributed by atoms with Crippen LogP contribution in [0, 0.1) is 0 Å². The Labute approximate surface area is 192 Å². The minimum Gasteiger partial charge on any atom is -0.353 e. The van der Waals surface area contributed by atoms with Gasteiger partial charge in [-0.25, -0.2) is 0 Å². The fourth-order valence-corrected chi connectivity index (χ4v) is 3.57. The summed E-state index contributed by atoms with van der Waals surface area (Å²) >= 11 is 0. The van der Waals surface area contributed by atoms with E-state index in [2.05, 4.69) is 93.3 Å². The summed E-state index contributed by atoms with van der Waals surface area (Å²) < 4.78 is 2.14. The number of aryl methyl sites for hydroxylation is 1. The fourth-order valence-electron chi connectivity index (χ4n) is 3.57. The highest BCUT2D eigenvalue weighted by Crippen LogP contribution is 2.10. The van der Waals surface area contributed by atoms with E-state index >= 15 is 0 Å². The van der Waals surface area contributed by atoms with Gasteiger partial charge in [-0.1, -0.05) is 24.3 Å². The molecular weight excluding hydrogens is 475 g/mol. The summed E-state index contributed by atoms with van der Waals surface area (Å²) in [4.78, 5) is 11.5. The van der Waals surface area contributed by atoms with Crippen LogP contribution >= 0.6 is 24.0 Å². The van der Waals surface area contributed by atoms with Crippen LogP contribution in [0.2, 0.25) is 0 Å². The molecule has 1 fully saturated rings. The van der Waals surface area contributed by atoms with E-state index in [1.54, 1.807) is 0 Å². The van der Waals surface area contributed by atoms with Crippen LogP contribution in [0.1, 0.15) is 16.8 Å². The van der Waals surface area contributed by atoms with Crippen molar-refractivity contribution >= 4 is 29.9 Å². The van der Waals surface area contributed by atoms with Crippen LogP contribution in [0.3, 0.4) is 0 Å². The fraction of sp³-hybridized carbons (Fsp3) is 0.500. The van der Waals surface area contributed by atoms with Gasteiger partial charge in [0.1, 0.15) is 0 Å². The molecule has 0 radical (unpaired) electrons. The van der Waals surface area contributed by atoms with Crippen LogP contribution in [0.4, 0.5) is 0 Å². The number of hydrogen-bond donors (Lipinski definition) is 1. The molecule has 0 amide bonds. The molecule has 1 aliphatic heterocycles. The second-order valence-corrected chi connectivity index (χ2v) is 7.76. The van der Waals surface area contributed by atoms with Gasteiger partial charge in [0.05, 0.1) is 6.54 Å². The molecule has 0 saturated carbocycles. The molecule has 0 bridgehead atoms. The highest BCUT2D eigenvalue weighted by atomic mass is 127. The molecule has 29 heavy (non-hydrogen) atoms. The Morgan fingerprint density at radius 2 is 1.69 bits per heavy atom. The Balaban J connectivity index is 0.00000300. The zero-order valence-corrected chi connectivity index (χ0v) is 20.5. The highest BCUT2D eigenvalue weighted by Gasteiger charge is 2.13. The Kier molecular flexibility index (Phi) is 9.45. The molecule has 0 aliphatic carbocycles. The number of guanidine groups is 1. The number of likely N-dealkylation sites (N-methyl/N-ethyl adjacent to an activating group) is 1. The van der Waals surface area contributed by atoms with Gasteiger partial charge < -0.3 is 19.7 Å². The van der Waals surface area contributed by atoms with Gasteiger partial charge in [0.25, 0.3) is 0 Å². The normalized spacial score (nSPS) is 15.8. The van der Waals surface area contributed by atoms with Crippen LogP contribution in [0.15, 0.2) is 47.6 Å². The third kappa shape index (κ3) is 7.01. The van der Waals surface area contributed by atoms with Crippen LogP contribution in [-0.2, 0) is 26.7 Å². The smallest absolute Gasteiger partial charge is 0.194 e. The van der Waals surface area contributed by atoms with E-state index in [9.17, 15) is 0 Å². The standard InChI is InChI=1S/C22H34N6.HI/c1-23-22(27(4)18-21-6-5-11-26(21)3)24-16-19-7-9-20(10-8-19)17-28-14-12-25(2)13-15-28;/h5-11H,12-18H2,1-4H3,(H,23,24);1H. The second-order valence-electron chi connectivity index (χ2n) is 7.76. The van der Waals surface area contributed by atoms with Gasteiger partial charge in [-0.3, -0.25) is 9.89 Å². The molecule has 0 unspecified atom stereocenters. The summed E-state index contributed by atoms with van der Waals surface area (Å²) in [5.74, 6) is 0.905. The SMILES string of the molecule is CN=C(NCc1ccc(CN2CCN(C)CC2)cc1)N(C)Cc1cccn1C.I. The van der Waals surface area contributed by atoms with Crippen molar-refractivity contribution in [2.75, 3.05) is 47.3 Å². The lowest BCUT2D eigenvalue weighted by Crippen LogP contribution is -2.43. The van der Waals surface area contributed by atoms with E-state index in [0.717, 1.165) is 51.8 Å². The van der Waals surface area contributed by atoms with E-state index in [1.165, 1.54) is 16.8 Å². The van der Waals surface area contributed by atoms with Crippen molar-refractivity contribution < 1.29 is 0 Å². The van der Waals surface area contributed by atoms with Gasteiger partial charge in [-0.05, 0) is 30.3 Å². The minimum atomic E-state index is 0. The van der Waals surface area contributed by atoms with E-state index in [0.29, 0.717) is 0 Å². The summed E-state index contributed by atoms with van der Waals surface area (Å²) in [7, 11) is 8.18. The molecule has 1 saturated heterocycles. The maximum Gasteiger partial charge on any atom is 0.194 e. The summed E-state index contributed by atoms with van der Waals surface area (Å²) in [6.07, 6.45) is 2.07. The molecule has 0 atom stereocenters. The Morgan fingerprint density at radius 1 is 1.03 bits per heavy atom. The molecule has 7 heteroatoms. The molecule has 1 aromatic carbocycles. The van der Waals surface area contributed by atoms with Crippen LogP contribution < -0.4 is 5.32 Å². The van der Waals surface area contributed by atoms with Crippen molar-refractivity contribution in [1.82, 2.24) is 24.6 Å². The zero-order chi connectivity index (χ0) is 19.9. The minimum absolute atomic E-state index is 0. The number of aromatic nitrogens is 1. The van der Waals surface area contributed by atoms with Gasteiger partial charge in [0.15, 0.2) is 5.96 Å². The Morgan fingerprint density at radius 3 is 2.28 bits per heavy atom. The first-order valence-electron chi connectivity index (χ1n) is 10.1. The molecule has 1 aromatic heterocycles. The molecule has 2 aromatic rings. The molecule has 2 heterocycles. The number of benzene rings is 1. The lowest BCUT2D eigenvalue weighted by atomic mass is 10.1. The van der Waals surface area contributed by atoms with Crippen molar-refractivity contribution in [2.45, 2.75) is 19.6 Å². The monoisotopic (exact) mass is 510 g/mol. The van der Waals surface area contributed by atoms with Gasteiger partial charge >= 0.3 is 0 Å². The van der Waals surface area contributed by atoms with Crippen molar-refractivity contribution in [2.24, 2.45) is 12.0 Å². The summed E-state index contributed by atoms with van der Waals surface area (Å²) in [6, 6.07) is 13.2. The lowest BCUT2D eigenvalue weighted by Gasteiger charge is -2.32. The van der Waals surface area contributed by atoms with Crippen molar-refractivity contribution in [3.8, 4) is 0 Å². The first kappa shape index (κ1) is 23.7. The predicted octanol–water partition coefficient (Wildman–Crippen LogP) is 2.60. The number of aliphatic imine (C=N–C) groups is 1. The topological polar surface area (TPSA) is 39.0 Å². The predicted molar refractivity (Wildman–Crippen MR) is 132 cm³/mol. The van der Waals surface area contributed by atoms with Gasteiger partial charge in [0.2, 0.25) is 0 Å². The van der Waals surface area contributed by atoms with E-state index in [-0.39, 0.29) is 24.0 Å². The average molecular weight is 510 g/mol. The number of piperazine rings is 1. The number of hydrogen-bond acceptors (Lipinski definition) is 3. The molecule has 1 N–H and O–H groups in total. The quantitative estimate of drug-likeness (QED) is 0.369. The third-order valence-corrected chi connectivity index (χ3v) is 5.50. The van der Waals surface area contributed by atoms with Gasteiger partial charge in [0, 0.05) is 72.3 Å². The first-order chi connectivity index (χ1) is 13.5. The van der Waals surface area contributed by atoms with E-state index in [1.807, 2.05) is 7.05 Å². The maximum absolute atomic E-state index is 4.43. The Bertz CT molecular complexity index is 762. The third-order valence-electron chi connectivity index (χ3n) is 5.50. The van der Waals surface area contributed by atoms with E-state index in [4.69, 9.17) is 0 Å². The van der Waals surface area contributed by atoms with Crippen molar-refractivity contribution in [3.63, 3.8) is 0 Å². The summed E-state index contributed by atoms with van der Waals surface area (Å²) in [5, 5.41) is 3.47. The van der Waals surface area contributed by atoms with Crippen molar-refractivity contribution in [1.29, 1.82) is 0 Å². The van der Waals surface area contributed by atoms with Gasteiger partial charge in [-0.2, -0.15) is 0 Å². The largest absolute Gasteiger partial charge is 0.353 e. The maximum atomic E-state index is 4.43. The first-order valence-corrected chi connectivity index (χ1v) is 10.1. The Hall–Kier alpha value is -1.58. The molecule has 3 rings (SSSR count). The van der Waals surface area contributed by atoms with Crippen LogP contribution in [-0.4, -0.2) is 72.5 Å². The van der Waals surface area contributed by atoms with Crippen LogP contribution in [0.5, 0.6) is 0 Å². The lowest BCUT2D eigenvalue weighted by molar-refractivity contribution is 0.148. The van der Waals surface area contributed by atoms with Crippen LogP contribution in [0.25, 0.3) is 0 Å². The summed E-state index contributed by atoms with van der Waals surface area (Å²) in [6.45, 7) is 7.29. The highest BCUT2D eigenvalue weighted by molar-refractivity contribution is 14.0. The molecule has 6 nitrogen and oxygen atoms in total. The zero-order valence-electron chi connectivity index (χ0n) is 18.1. The van der Waals surface area contributed by atoms with E-state index < -0.39 is 0 Å². The van der Waals surface area contributed by atoms with Crippen molar-refractivity contribution in [3.05, 3.63) is 59.4 Å². The molecule has 1 aliphatic rings. The number of halogens is 1. The number of nitrogens with one attached hydrogen (secondary N) is 1.